The van der Waals surface area contributed by atoms with E-state index in [1.807, 2.05) is 6.92 Å². The van der Waals surface area contributed by atoms with Crippen LogP contribution in [-0.2, 0) is 4.79 Å². The van der Waals surface area contributed by atoms with Gasteiger partial charge in [0, 0.05) is 11.1 Å². The van der Waals surface area contributed by atoms with Crippen molar-refractivity contribution >= 4 is 29.1 Å². The molecule has 1 heterocycles. The summed E-state index contributed by atoms with van der Waals surface area (Å²) in [5, 5.41) is 10.7. The summed E-state index contributed by atoms with van der Waals surface area (Å²) in [5.41, 5.74) is -0.733. The van der Waals surface area contributed by atoms with Gasteiger partial charge < -0.3 is 14.7 Å². The van der Waals surface area contributed by atoms with E-state index < -0.39 is 5.60 Å². The standard InChI is InChI=1S/C13H15Cl2NO3/c1-2-13(18)7-16(8-13)12(17)6-19-11-5-9(14)3-4-10(11)15/h3-5,18H,2,6-8H2,1H3. The second-order valence-electron chi connectivity index (χ2n) is 4.69. The lowest BCUT2D eigenvalue weighted by atomic mass is 9.91. The molecule has 1 aliphatic rings. The Hall–Kier alpha value is -0.970. The predicted molar refractivity (Wildman–Crippen MR) is 73.8 cm³/mol. The predicted octanol–water partition coefficient (Wildman–Crippen LogP) is 2.36. The number of likely N-dealkylation sites (tertiary alicyclic amines) is 1. The highest BCUT2D eigenvalue weighted by Crippen LogP contribution is 2.28. The Morgan fingerprint density at radius 2 is 2.16 bits per heavy atom. The quantitative estimate of drug-likeness (QED) is 0.929. The summed E-state index contributed by atoms with van der Waals surface area (Å²) >= 11 is 11.7. The van der Waals surface area contributed by atoms with Crippen molar-refractivity contribution in [1.82, 2.24) is 4.90 Å². The molecule has 0 saturated carbocycles. The average molecular weight is 304 g/mol. The Morgan fingerprint density at radius 1 is 1.47 bits per heavy atom. The Balaban J connectivity index is 1.86. The van der Waals surface area contributed by atoms with Crippen LogP contribution in [0.1, 0.15) is 13.3 Å². The monoisotopic (exact) mass is 303 g/mol. The van der Waals surface area contributed by atoms with Crippen molar-refractivity contribution in [3.05, 3.63) is 28.2 Å². The molecule has 1 fully saturated rings. The first-order valence-corrected chi connectivity index (χ1v) is 6.77. The number of ether oxygens (including phenoxy) is 1. The molecule has 1 amide bonds. The van der Waals surface area contributed by atoms with Gasteiger partial charge in [0.2, 0.25) is 0 Å². The number of β-amino-alcohol motifs (C(OH)–C–C–N with tert-alkyl or cyclic N) is 1. The zero-order valence-corrected chi connectivity index (χ0v) is 12.0. The lowest BCUT2D eigenvalue weighted by Gasteiger charge is -2.45. The average Bonchev–Trinajstić information content (AvgIpc) is 2.35. The van der Waals surface area contributed by atoms with E-state index in [1.165, 1.54) is 0 Å². The normalized spacial score (nSPS) is 16.9. The summed E-state index contributed by atoms with van der Waals surface area (Å²) in [6.45, 7) is 2.49. The number of hydrogen-bond donors (Lipinski definition) is 1. The second kappa shape index (κ2) is 5.57. The molecule has 1 aromatic carbocycles. The van der Waals surface area contributed by atoms with Gasteiger partial charge in [-0.3, -0.25) is 4.79 Å². The largest absolute Gasteiger partial charge is 0.482 e. The van der Waals surface area contributed by atoms with Gasteiger partial charge in [-0.15, -0.1) is 0 Å². The molecular formula is C13H15Cl2NO3. The fraction of sp³-hybridized carbons (Fsp3) is 0.462. The minimum atomic E-state index is -0.733. The maximum absolute atomic E-state index is 11.8. The van der Waals surface area contributed by atoms with Crippen molar-refractivity contribution < 1.29 is 14.6 Å². The summed E-state index contributed by atoms with van der Waals surface area (Å²) in [7, 11) is 0. The Kier molecular flexibility index (Phi) is 4.23. The first kappa shape index (κ1) is 14.4. The number of benzene rings is 1. The van der Waals surface area contributed by atoms with Crippen LogP contribution in [0, 0.1) is 0 Å². The van der Waals surface area contributed by atoms with Crippen LogP contribution < -0.4 is 4.74 Å². The van der Waals surface area contributed by atoms with Crippen LogP contribution in [0.3, 0.4) is 0 Å². The van der Waals surface area contributed by atoms with E-state index in [2.05, 4.69) is 0 Å². The highest BCUT2D eigenvalue weighted by Gasteiger charge is 2.41. The van der Waals surface area contributed by atoms with E-state index >= 15 is 0 Å². The van der Waals surface area contributed by atoms with Crippen molar-refractivity contribution in [1.29, 1.82) is 0 Å². The zero-order chi connectivity index (χ0) is 14.0. The molecular weight excluding hydrogens is 289 g/mol. The Labute approximate surface area is 121 Å². The summed E-state index contributed by atoms with van der Waals surface area (Å²) in [6.07, 6.45) is 0.637. The third kappa shape index (κ3) is 3.32. The molecule has 0 atom stereocenters. The van der Waals surface area contributed by atoms with Crippen LogP contribution in [-0.4, -0.2) is 41.2 Å². The first-order valence-electron chi connectivity index (χ1n) is 6.01. The topological polar surface area (TPSA) is 49.8 Å². The summed E-state index contributed by atoms with van der Waals surface area (Å²) in [5.74, 6) is 0.211. The highest BCUT2D eigenvalue weighted by atomic mass is 35.5. The number of amides is 1. The van der Waals surface area contributed by atoms with Crippen LogP contribution in [0.15, 0.2) is 18.2 Å². The van der Waals surface area contributed by atoms with E-state index in [0.29, 0.717) is 35.3 Å². The number of hydrogen-bond acceptors (Lipinski definition) is 3. The molecule has 0 unspecified atom stereocenters. The number of halogens is 2. The minimum Gasteiger partial charge on any atom is -0.482 e. The molecule has 104 valence electrons. The van der Waals surface area contributed by atoms with E-state index in [9.17, 15) is 9.90 Å². The van der Waals surface area contributed by atoms with E-state index in [4.69, 9.17) is 27.9 Å². The van der Waals surface area contributed by atoms with Gasteiger partial charge in [-0.1, -0.05) is 30.1 Å². The van der Waals surface area contributed by atoms with Gasteiger partial charge in [0.1, 0.15) is 5.75 Å². The third-order valence-corrected chi connectivity index (χ3v) is 3.77. The number of rotatable bonds is 4. The van der Waals surface area contributed by atoms with Crippen molar-refractivity contribution in [2.75, 3.05) is 19.7 Å². The van der Waals surface area contributed by atoms with Crippen molar-refractivity contribution in [2.45, 2.75) is 18.9 Å². The third-order valence-electron chi connectivity index (χ3n) is 3.23. The lowest BCUT2D eigenvalue weighted by molar-refractivity contribution is -0.157. The molecule has 0 spiro atoms. The Morgan fingerprint density at radius 3 is 2.79 bits per heavy atom. The number of carbonyl (C=O) groups excluding carboxylic acids is 1. The van der Waals surface area contributed by atoms with E-state index in [0.717, 1.165) is 0 Å². The molecule has 19 heavy (non-hydrogen) atoms. The molecule has 0 bridgehead atoms. The molecule has 0 radical (unpaired) electrons. The fourth-order valence-electron chi connectivity index (χ4n) is 1.88. The zero-order valence-electron chi connectivity index (χ0n) is 10.5. The molecule has 1 N–H and O–H groups in total. The number of nitrogens with zero attached hydrogens (tertiary/aromatic N) is 1. The van der Waals surface area contributed by atoms with Crippen molar-refractivity contribution in [3.63, 3.8) is 0 Å². The molecule has 1 saturated heterocycles. The van der Waals surface area contributed by atoms with E-state index in [-0.39, 0.29) is 12.5 Å². The van der Waals surface area contributed by atoms with Crippen LogP contribution in [0.2, 0.25) is 10.0 Å². The maximum Gasteiger partial charge on any atom is 0.260 e. The molecule has 1 aliphatic heterocycles. The maximum atomic E-state index is 11.8. The fourth-order valence-corrected chi connectivity index (χ4v) is 2.22. The van der Waals surface area contributed by atoms with Gasteiger partial charge in [0.05, 0.1) is 23.7 Å². The highest BCUT2D eigenvalue weighted by molar-refractivity contribution is 6.34. The van der Waals surface area contributed by atoms with Crippen molar-refractivity contribution in [3.8, 4) is 5.75 Å². The molecule has 0 aliphatic carbocycles. The molecule has 1 aromatic rings. The Bertz CT molecular complexity index is 487. The van der Waals surface area contributed by atoms with Crippen LogP contribution in [0.5, 0.6) is 5.75 Å². The molecule has 2 rings (SSSR count). The van der Waals surface area contributed by atoms with Gasteiger partial charge in [-0.25, -0.2) is 0 Å². The van der Waals surface area contributed by atoms with Crippen molar-refractivity contribution in [2.24, 2.45) is 0 Å². The van der Waals surface area contributed by atoms with E-state index in [1.54, 1.807) is 23.1 Å². The summed E-state index contributed by atoms with van der Waals surface area (Å²) in [6, 6.07) is 4.83. The lowest BCUT2D eigenvalue weighted by Crippen LogP contribution is -2.63. The van der Waals surface area contributed by atoms with Gasteiger partial charge in [0.15, 0.2) is 6.61 Å². The van der Waals surface area contributed by atoms with Gasteiger partial charge in [-0.05, 0) is 18.6 Å². The minimum absolute atomic E-state index is 0.111. The van der Waals surface area contributed by atoms with Gasteiger partial charge in [0.25, 0.3) is 5.91 Å². The molecule has 4 nitrogen and oxygen atoms in total. The van der Waals surface area contributed by atoms with Crippen LogP contribution >= 0.6 is 23.2 Å². The smallest absolute Gasteiger partial charge is 0.260 e. The second-order valence-corrected chi connectivity index (χ2v) is 5.53. The number of aliphatic hydroxyl groups is 1. The summed E-state index contributed by atoms with van der Waals surface area (Å²) in [4.78, 5) is 13.4. The summed E-state index contributed by atoms with van der Waals surface area (Å²) < 4.78 is 5.35. The van der Waals surface area contributed by atoms with Gasteiger partial charge in [-0.2, -0.15) is 0 Å². The first-order chi connectivity index (χ1) is 8.93. The number of carbonyl (C=O) groups is 1. The van der Waals surface area contributed by atoms with Gasteiger partial charge >= 0.3 is 0 Å². The molecule has 0 aromatic heterocycles. The molecule has 6 heteroatoms. The van der Waals surface area contributed by atoms with Crippen LogP contribution in [0.25, 0.3) is 0 Å². The van der Waals surface area contributed by atoms with Crippen LogP contribution in [0.4, 0.5) is 0 Å². The SMILES string of the molecule is CCC1(O)CN(C(=O)COc2cc(Cl)ccc2Cl)C1.